The molecule has 1 rings (SSSR count). The molecule has 7 heteroatoms. The molecule has 0 atom stereocenters. The lowest BCUT2D eigenvalue weighted by Crippen LogP contribution is -2.28. The number of nitrogens with one attached hydrogen (secondary N) is 1. The quantitative estimate of drug-likeness (QED) is 0.419. The van der Waals surface area contributed by atoms with E-state index in [0.717, 1.165) is 0 Å². The van der Waals surface area contributed by atoms with Crippen molar-refractivity contribution in [3.05, 3.63) is 30.3 Å². The van der Waals surface area contributed by atoms with Crippen LogP contribution >= 0.6 is 8.09 Å². The van der Waals surface area contributed by atoms with Crippen molar-refractivity contribution < 1.29 is 23.8 Å². The second-order valence-corrected chi connectivity index (χ2v) is 5.41. The third-order valence-corrected chi connectivity index (χ3v) is 2.81. The first-order valence-corrected chi connectivity index (χ1v) is 7.37. The van der Waals surface area contributed by atoms with E-state index in [-0.39, 0.29) is 12.6 Å². The lowest BCUT2D eigenvalue weighted by molar-refractivity contribution is -0.146. The van der Waals surface area contributed by atoms with Crippen LogP contribution in [0.5, 0.6) is 5.75 Å². The summed E-state index contributed by atoms with van der Waals surface area (Å²) in [5, 5.41) is 2.24. The van der Waals surface area contributed by atoms with Gasteiger partial charge in [-0.15, -0.1) is 12.8 Å². The zero-order valence-electron chi connectivity index (χ0n) is 11.4. The monoisotopic (exact) mass is 300 g/mol. The molecule has 0 aliphatic rings. The van der Waals surface area contributed by atoms with E-state index in [0.29, 0.717) is 5.75 Å². The molecule has 0 spiro atoms. The van der Waals surface area contributed by atoms with Crippen LogP contribution in [0.4, 0.5) is 0 Å². The zero-order valence-corrected chi connectivity index (χ0v) is 12.3. The molecule has 20 heavy (non-hydrogen) atoms. The van der Waals surface area contributed by atoms with Crippen molar-refractivity contribution in [3.63, 3.8) is 0 Å². The van der Waals surface area contributed by atoms with Crippen LogP contribution in [0.15, 0.2) is 30.3 Å². The van der Waals surface area contributed by atoms with Crippen LogP contribution in [0, 0.1) is 12.8 Å². The number of terminal acetylenes is 1. The van der Waals surface area contributed by atoms with E-state index in [1.165, 1.54) is 0 Å². The van der Waals surface area contributed by atoms with Crippen LogP contribution < -0.4 is 9.61 Å². The summed E-state index contributed by atoms with van der Waals surface area (Å²) >= 11 is 0. The SMILES string of the molecule is C#C.CC(C)OC(=O)CN[P+](O)(O)Oc1ccccc1. The van der Waals surface area contributed by atoms with E-state index in [1.54, 1.807) is 44.2 Å². The maximum atomic E-state index is 11.2. The van der Waals surface area contributed by atoms with Crippen molar-refractivity contribution in [2.75, 3.05) is 6.54 Å². The van der Waals surface area contributed by atoms with Crippen LogP contribution in [0.25, 0.3) is 0 Å². The fourth-order valence-electron chi connectivity index (χ4n) is 1.13. The minimum absolute atomic E-state index is 0.250. The van der Waals surface area contributed by atoms with Gasteiger partial charge in [0.1, 0.15) is 6.54 Å². The highest BCUT2D eigenvalue weighted by Crippen LogP contribution is 2.46. The Balaban J connectivity index is 0.00000172. The molecule has 0 amide bonds. The number of benzene rings is 1. The number of esters is 1. The Morgan fingerprint density at radius 3 is 2.35 bits per heavy atom. The second-order valence-electron chi connectivity index (χ2n) is 3.82. The number of hydrogen-bond donors (Lipinski definition) is 3. The summed E-state index contributed by atoms with van der Waals surface area (Å²) in [4.78, 5) is 30.4. The second kappa shape index (κ2) is 9.29. The molecule has 0 saturated carbocycles. The van der Waals surface area contributed by atoms with E-state index >= 15 is 0 Å². The molecule has 0 unspecified atom stereocenters. The van der Waals surface area contributed by atoms with Gasteiger partial charge in [-0.2, -0.15) is 9.79 Å². The average molecular weight is 300 g/mol. The Bertz CT molecular complexity index is 419. The van der Waals surface area contributed by atoms with E-state index < -0.39 is 14.1 Å². The lowest BCUT2D eigenvalue weighted by atomic mass is 10.3. The first-order valence-electron chi connectivity index (χ1n) is 5.76. The minimum atomic E-state index is -3.81. The van der Waals surface area contributed by atoms with E-state index in [2.05, 4.69) is 17.9 Å². The average Bonchev–Trinajstić information content (AvgIpc) is 2.39. The van der Waals surface area contributed by atoms with Crippen molar-refractivity contribution in [1.29, 1.82) is 0 Å². The maximum absolute atomic E-state index is 11.2. The molecule has 6 nitrogen and oxygen atoms in total. The molecule has 110 valence electrons. The molecule has 0 heterocycles. The van der Waals surface area contributed by atoms with Crippen LogP contribution in [0.2, 0.25) is 0 Å². The fraction of sp³-hybridized carbons (Fsp3) is 0.308. The third kappa shape index (κ3) is 8.46. The molecule has 0 fully saturated rings. The zero-order chi connectivity index (χ0) is 15.6. The van der Waals surface area contributed by atoms with Crippen molar-refractivity contribution in [3.8, 4) is 18.6 Å². The standard InChI is InChI=1S/C11H17NO5P.C2H2/c1-9(2)16-11(13)8-12-18(14,15)17-10-6-4-3-5-7-10;1-2/h3-7,9,12,14-15H,8H2,1-2H3;1-2H/q+1;. The topological polar surface area (TPSA) is 88.0 Å². The molecule has 0 bridgehead atoms. The Morgan fingerprint density at radius 2 is 1.85 bits per heavy atom. The lowest BCUT2D eigenvalue weighted by Gasteiger charge is -2.12. The summed E-state index contributed by atoms with van der Waals surface area (Å²) in [6, 6.07) is 8.32. The summed E-state index contributed by atoms with van der Waals surface area (Å²) in [5.41, 5.74) is 0. The largest absolute Gasteiger partial charge is 0.541 e. The number of ether oxygens (including phenoxy) is 1. The molecule has 0 radical (unpaired) electrons. The van der Waals surface area contributed by atoms with Crippen LogP contribution in [0.1, 0.15) is 13.8 Å². The molecule has 0 aliphatic heterocycles. The van der Waals surface area contributed by atoms with Crippen molar-refractivity contribution in [2.45, 2.75) is 20.0 Å². The van der Waals surface area contributed by atoms with Crippen LogP contribution in [0.3, 0.4) is 0 Å². The number of para-hydroxylation sites is 1. The number of rotatable bonds is 6. The van der Waals surface area contributed by atoms with Gasteiger partial charge in [-0.1, -0.05) is 23.3 Å². The van der Waals surface area contributed by atoms with Gasteiger partial charge < -0.3 is 4.74 Å². The summed E-state index contributed by atoms with van der Waals surface area (Å²) in [6.45, 7) is 3.09. The highest BCUT2D eigenvalue weighted by Gasteiger charge is 2.38. The van der Waals surface area contributed by atoms with Gasteiger partial charge in [-0.05, 0) is 26.0 Å². The van der Waals surface area contributed by atoms with Gasteiger partial charge in [-0.25, -0.2) is 0 Å². The van der Waals surface area contributed by atoms with Gasteiger partial charge in [0.05, 0.1) is 6.10 Å². The number of carbonyl (C=O) groups is 1. The number of hydrogen-bond acceptors (Lipinski definition) is 6. The van der Waals surface area contributed by atoms with Gasteiger partial charge in [-0.3, -0.25) is 9.32 Å². The van der Waals surface area contributed by atoms with E-state index in [1.807, 2.05) is 0 Å². The summed E-state index contributed by atoms with van der Waals surface area (Å²) in [7, 11) is -3.81. The van der Waals surface area contributed by atoms with E-state index in [9.17, 15) is 14.6 Å². The normalized spacial score (nSPS) is 10.3. The Kier molecular flexibility index (Phi) is 8.53. The Morgan fingerprint density at radius 1 is 1.30 bits per heavy atom. The van der Waals surface area contributed by atoms with Gasteiger partial charge in [0.25, 0.3) is 0 Å². The first-order chi connectivity index (χ1) is 9.39. The van der Waals surface area contributed by atoms with Crippen molar-refractivity contribution >= 4 is 14.1 Å². The molecular weight excluding hydrogens is 281 g/mol. The van der Waals surface area contributed by atoms with E-state index in [4.69, 9.17) is 9.26 Å². The van der Waals surface area contributed by atoms with Crippen molar-refractivity contribution in [2.24, 2.45) is 0 Å². The maximum Gasteiger partial charge on any atom is 0.541 e. The van der Waals surface area contributed by atoms with Crippen LogP contribution in [-0.2, 0) is 9.53 Å². The van der Waals surface area contributed by atoms with Crippen molar-refractivity contribution in [1.82, 2.24) is 5.09 Å². The predicted molar refractivity (Wildman–Crippen MR) is 77.5 cm³/mol. The van der Waals surface area contributed by atoms with Crippen LogP contribution in [-0.4, -0.2) is 28.4 Å². The molecule has 1 aromatic rings. The molecular formula is C13H19NO5P+. The summed E-state index contributed by atoms with van der Waals surface area (Å²) in [6.07, 6.45) is 7.75. The third-order valence-electron chi connectivity index (χ3n) is 1.77. The molecule has 3 N–H and O–H groups in total. The highest BCUT2D eigenvalue weighted by atomic mass is 31.2. The van der Waals surface area contributed by atoms with Gasteiger partial charge >= 0.3 is 14.1 Å². The van der Waals surface area contributed by atoms with Gasteiger partial charge in [0.2, 0.25) is 0 Å². The Labute approximate surface area is 119 Å². The summed E-state index contributed by atoms with van der Waals surface area (Å²) in [5.74, 6) is -0.269. The van der Waals surface area contributed by atoms with Gasteiger partial charge in [0, 0.05) is 0 Å². The predicted octanol–water partition coefficient (Wildman–Crippen LogP) is 1.52. The summed E-state index contributed by atoms with van der Waals surface area (Å²) < 4.78 is 9.79. The molecule has 0 aliphatic carbocycles. The Hall–Kier alpha value is -1.64. The fourth-order valence-corrected chi connectivity index (χ4v) is 1.95. The minimum Gasteiger partial charge on any atom is -0.462 e. The highest BCUT2D eigenvalue weighted by molar-refractivity contribution is 7.57. The molecule has 0 saturated heterocycles. The van der Waals surface area contributed by atoms with Gasteiger partial charge in [0.15, 0.2) is 5.75 Å². The number of carbonyl (C=O) groups excluding carboxylic acids is 1. The smallest absolute Gasteiger partial charge is 0.462 e. The molecule has 0 aromatic heterocycles. The molecule has 1 aromatic carbocycles. The first kappa shape index (κ1) is 18.4.